The maximum absolute atomic E-state index is 12.7. The van der Waals surface area contributed by atoms with Crippen LogP contribution in [0.25, 0.3) is 0 Å². The Morgan fingerprint density at radius 1 is 1.24 bits per heavy atom. The van der Waals surface area contributed by atoms with Crippen LogP contribution in [-0.2, 0) is 6.54 Å². The molecule has 0 fully saturated rings. The summed E-state index contributed by atoms with van der Waals surface area (Å²) in [6, 6.07) is 9.69. The number of anilines is 1. The topological polar surface area (TPSA) is 45.2 Å². The fraction of sp³-hybridized carbons (Fsp3) is 0.294. The van der Waals surface area contributed by atoms with Crippen LogP contribution < -0.4 is 5.32 Å². The first-order valence-corrected chi connectivity index (χ1v) is 7.12. The van der Waals surface area contributed by atoms with Crippen LogP contribution >= 0.6 is 0 Å². The van der Waals surface area contributed by atoms with E-state index in [-0.39, 0.29) is 5.91 Å². The largest absolute Gasteiger partial charge is 0.388 e. The Labute approximate surface area is 125 Å². The van der Waals surface area contributed by atoms with Crippen LogP contribution in [0.1, 0.15) is 28.4 Å². The second-order valence-electron chi connectivity index (χ2n) is 4.95. The van der Waals surface area contributed by atoms with Gasteiger partial charge in [0.25, 0.3) is 5.91 Å². The van der Waals surface area contributed by atoms with Crippen molar-refractivity contribution in [3.05, 3.63) is 59.4 Å². The summed E-state index contributed by atoms with van der Waals surface area (Å²) in [5.41, 5.74) is 3.84. The van der Waals surface area contributed by atoms with Crippen LogP contribution in [-0.4, -0.2) is 29.4 Å². The standard InChI is InChI=1S/C17H21N3O/c1-4-20(12-14-7-9-19-10-8-14)17(21)16-6-5-15(18-3)11-13(16)2/h5-11,18H,4,12H2,1-3H3. The van der Waals surface area contributed by atoms with Crippen LogP contribution in [0, 0.1) is 6.92 Å². The van der Waals surface area contributed by atoms with Crippen molar-refractivity contribution in [3.8, 4) is 0 Å². The molecule has 1 aromatic carbocycles. The Hall–Kier alpha value is -2.36. The Bertz CT molecular complexity index is 611. The van der Waals surface area contributed by atoms with E-state index >= 15 is 0 Å². The molecule has 110 valence electrons. The summed E-state index contributed by atoms with van der Waals surface area (Å²) >= 11 is 0. The van der Waals surface area contributed by atoms with Crippen LogP contribution in [0.2, 0.25) is 0 Å². The van der Waals surface area contributed by atoms with Gasteiger partial charge in [0.2, 0.25) is 0 Å². The molecule has 21 heavy (non-hydrogen) atoms. The molecule has 0 spiro atoms. The van der Waals surface area contributed by atoms with Crippen molar-refractivity contribution in [1.29, 1.82) is 0 Å². The Kier molecular flexibility index (Phi) is 4.93. The van der Waals surface area contributed by atoms with Crippen molar-refractivity contribution in [1.82, 2.24) is 9.88 Å². The van der Waals surface area contributed by atoms with E-state index in [2.05, 4.69) is 10.3 Å². The van der Waals surface area contributed by atoms with E-state index in [4.69, 9.17) is 0 Å². The summed E-state index contributed by atoms with van der Waals surface area (Å²) in [4.78, 5) is 18.5. The average Bonchev–Trinajstić information content (AvgIpc) is 2.52. The van der Waals surface area contributed by atoms with Crippen molar-refractivity contribution in [2.75, 3.05) is 18.9 Å². The highest BCUT2D eigenvalue weighted by Crippen LogP contribution is 2.17. The molecule has 0 bridgehead atoms. The minimum absolute atomic E-state index is 0.0643. The zero-order chi connectivity index (χ0) is 15.2. The van der Waals surface area contributed by atoms with Crippen molar-refractivity contribution in [3.63, 3.8) is 0 Å². The molecule has 1 amide bonds. The molecule has 0 saturated heterocycles. The summed E-state index contributed by atoms with van der Waals surface area (Å²) in [5.74, 6) is 0.0643. The second-order valence-corrected chi connectivity index (χ2v) is 4.95. The van der Waals surface area contributed by atoms with Gasteiger partial charge in [-0.1, -0.05) is 0 Å². The van der Waals surface area contributed by atoms with Crippen LogP contribution in [0.3, 0.4) is 0 Å². The van der Waals surface area contributed by atoms with Gasteiger partial charge in [-0.25, -0.2) is 0 Å². The van der Waals surface area contributed by atoms with E-state index in [1.54, 1.807) is 12.4 Å². The molecular weight excluding hydrogens is 262 g/mol. The number of aromatic nitrogens is 1. The lowest BCUT2D eigenvalue weighted by atomic mass is 10.1. The number of carbonyl (C=O) groups excluding carboxylic acids is 1. The predicted octanol–water partition coefficient (Wildman–Crippen LogP) is 3.09. The van der Waals surface area contributed by atoms with Gasteiger partial charge in [-0.15, -0.1) is 0 Å². The van der Waals surface area contributed by atoms with Gasteiger partial charge in [-0.05, 0) is 55.3 Å². The molecule has 2 aromatic rings. The molecule has 0 saturated carbocycles. The second kappa shape index (κ2) is 6.88. The normalized spacial score (nSPS) is 10.2. The number of pyridine rings is 1. The Morgan fingerprint density at radius 3 is 2.52 bits per heavy atom. The summed E-state index contributed by atoms with van der Waals surface area (Å²) < 4.78 is 0. The lowest BCUT2D eigenvalue weighted by Gasteiger charge is -2.22. The van der Waals surface area contributed by atoms with Gasteiger partial charge in [0.1, 0.15) is 0 Å². The van der Waals surface area contributed by atoms with E-state index in [9.17, 15) is 4.79 Å². The molecule has 1 aromatic heterocycles. The lowest BCUT2D eigenvalue weighted by Crippen LogP contribution is -2.30. The van der Waals surface area contributed by atoms with Crippen molar-refractivity contribution < 1.29 is 4.79 Å². The maximum atomic E-state index is 12.7. The third-order valence-electron chi connectivity index (χ3n) is 3.54. The number of benzene rings is 1. The number of carbonyl (C=O) groups is 1. The molecule has 0 atom stereocenters. The SMILES string of the molecule is CCN(Cc1ccncc1)C(=O)c1ccc(NC)cc1C. The van der Waals surface area contributed by atoms with E-state index in [0.717, 1.165) is 22.4 Å². The van der Waals surface area contributed by atoms with E-state index in [0.29, 0.717) is 13.1 Å². The smallest absolute Gasteiger partial charge is 0.254 e. The first-order valence-electron chi connectivity index (χ1n) is 7.12. The van der Waals surface area contributed by atoms with Gasteiger partial charge < -0.3 is 10.2 Å². The molecular formula is C17H21N3O. The van der Waals surface area contributed by atoms with E-state index in [1.165, 1.54) is 0 Å². The van der Waals surface area contributed by atoms with Gasteiger partial charge in [-0.3, -0.25) is 9.78 Å². The predicted molar refractivity (Wildman–Crippen MR) is 85.4 cm³/mol. The molecule has 1 heterocycles. The van der Waals surface area contributed by atoms with Crippen LogP contribution in [0.4, 0.5) is 5.69 Å². The number of rotatable bonds is 5. The Balaban J connectivity index is 2.20. The van der Waals surface area contributed by atoms with Gasteiger partial charge in [0.05, 0.1) is 0 Å². The number of hydrogen-bond acceptors (Lipinski definition) is 3. The molecule has 0 aliphatic rings. The van der Waals surface area contributed by atoms with Crippen LogP contribution in [0.15, 0.2) is 42.7 Å². The number of aryl methyl sites for hydroxylation is 1. The van der Waals surface area contributed by atoms with Crippen LogP contribution in [0.5, 0.6) is 0 Å². The highest BCUT2D eigenvalue weighted by molar-refractivity contribution is 5.96. The average molecular weight is 283 g/mol. The third kappa shape index (κ3) is 3.60. The fourth-order valence-electron chi connectivity index (χ4n) is 2.27. The molecule has 4 nitrogen and oxygen atoms in total. The van der Waals surface area contributed by atoms with Crippen molar-refractivity contribution >= 4 is 11.6 Å². The summed E-state index contributed by atoms with van der Waals surface area (Å²) in [5, 5.41) is 3.09. The molecule has 4 heteroatoms. The summed E-state index contributed by atoms with van der Waals surface area (Å²) in [7, 11) is 1.87. The first-order chi connectivity index (χ1) is 10.2. The molecule has 0 radical (unpaired) electrons. The minimum Gasteiger partial charge on any atom is -0.388 e. The number of nitrogens with zero attached hydrogens (tertiary/aromatic N) is 2. The van der Waals surface area contributed by atoms with Gasteiger partial charge in [0.15, 0.2) is 0 Å². The monoisotopic (exact) mass is 283 g/mol. The molecule has 1 N–H and O–H groups in total. The number of hydrogen-bond donors (Lipinski definition) is 1. The van der Waals surface area contributed by atoms with E-state index in [1.807, 2.05) is 56.1 Å². The lowest BCUT2D eigenvalue weighted by molar-refractivity contribution is 0.0752. The molecule has 0 aliphatic carbocycles. The molecule has 2 rings (SSSR count). The first kappa shape index (κ1) is 15.0. The Morgan fingerprint density at radius 2 is 1.95 bits per heavy atom. The summed E-state index contributed by atoms with van der Waals surface area (Å²) in [6.07, 6.45) is 3.50. The zero-order valence-electron chi connectivity index (χ0n) is 12.8. The number of nitrogens with one attached hydrogen (secondary N) is 1. The highest BCUT2D eigenvalue weighted by Gasteiger charge is 2.16. The van der Waals surface area contributed by atoms with Gasteiger partial charge in [0, 0.05) is 43.8 Å². The van der Waals surface area contributed by atoms with Crippen molar-refractivity contribution in [2.24, 2.45) is 0 Å². The van der Waals surface area contributed by atoms with E-state index < -0.39 is 0 Å². The maximum Gasteiger partial charge on any atom is 0.254 e. The molecule has 0 unspecified atom stereocenters. The minimum atomic E-state index is 0.0643. The third-order valence-corrected chi connectivity index (χ3v) is 3.54. The quantitative estimate of drug-likeness (QED) is 0.917. The van der Waals surface area contributed by atoms with Gasteiger partial charge in [-0.2, -0.15) is 0 Å². The zero-order valence-corrected chi connectivity index (χ0v) is 12.8. The number of amides is 1. The van der Waals surface area contributed by atoms with Crippen molar-refractivity contribution in [2.45, 2.75) is 20.4 Å². The molecule has 0 aliphatic heterocycles. The fourth-order valence-corrected chi connectivity index (χ4v) is 2.27. The highest BCUT2D eigenvalue weighted by atomic mass is 16.2. The summed E-state index contributed by atoms with van der Waals surface area (Å²) in [6.45, 7) is 5.24. The van der Waals surface area contributed by atoms with Gasteiger partial charge >= 0.3 is 0 Å².